The summed E-state index contributed by atoms with van der Waals surface area (Å²) in [6, 6.07) is 8.94. The molecule has 0 amide bonds. The van der Waals surface area contributed by atoms with E-state index in [0.29, 0.717) is 10.6 Å². The molecule has 0 fully saturated rings. The van der Waals surface area contributed by atoms with Gasteiger partial charge in [0.1, 0.15) is 6.61 Å². The van der Waals surface area contributed by atoms with Crippen molar-refractivity contribution in [2.45, 2.75) is 6.61 Å². The van der Waals surface area contributed by atoms with Gasteiger partial charge in [0, 0.05) is 26.5 Å². The first-order valence-electron chi connectivity index (χ1n) is 5.18. The molecule has 5 heteroatoms. The molecule has 0 radical (unpaired) electrons. The maximum Gasteiger partial charge on any atom is 0.340 e. The number of aromatic nitrogens is 1. The van der Waals surface area contributed by atoms with Gasteiger partial charge in [-0.3, -0.25) is 4.98 Å². The number of halogens is 2. The smallest absolute Gasteiger partial charge is 0.340 e. The van der Waals surface area contributed by atoms with E-state index in [9.17, 15) is 4.79 Å². The number of benzene rings is 1. The molecule has 0 saturated carbocycles. The van der Waals surface area contributed by atoms with Crippen LogP contribution in [0, 0.1) is 3.57 Å². The van der Waals surface area contributed by atoms with E-state index in [2.05, 4.69) is 27.6 Å². The highest BCUT2D eigenvalue weighted by Gasteiger charge is 2.08. The van der Waals surface area contributed by atoms with Crippen LogP contribution in [-0.4, -0.2) is 11.0 Å². The van der Waals surface area contributed by atoms with E-state index in [4.69, 9.17) is 16.3 Å². The molecule has 18 heavy (non-hydrogen) atoms. The predicted octanol–water partition coefficient (Wildman–Crippen LogP) is 3.70. The fourth-order valence-electron chi connectivity index (χ4n) is 1.35. The third-order valence-electron chi connectivity index (χ3n) is 2.27. The van der Waals surface area contributed by atoms with Crippen LogP contribution in [0.3, 0.4) is 0 Å². The molecule has 0 N–H and O–H groups in total. The van der Waals surface area contributed by atoms with Crippen LogP contribution in [0.5, 0.6) is 0 Å². The number of ether oxygens (including phenoxy) is 1. The topological polar surface area (TPSA) is 39.2 Å². The lowest BCUT2D eigenvalue weighted by Gasteiger charge is -2.06. The van der Waals surface area contributed by atoms with E-state index >= 15 is 0 Å². The van der Waals surface area contributed by atoms with E-state index in [1.54, 1.807) is 18.3 Å². The zero-order valence-electron chi connectivity index (χ0n) is 9.27. The summed E-state index contributed by atoms with van der Waals surface area (Å²) < 4.78 is 6.21. The molecule has 0 saturated heterocycles. The molecule has 1 heterocycles. The molecule has 3 nitrogen and oxygen atoms in total. The summed E-state index contributed by atoms with van der Waals surface area (Å²) in [6.07, 6.45) is 3.07. The lowest BCUT2D eigenvalue weighted by Crippen LogP contribution is -2.05. The lowest BCUT2D eigenvalue weighted by molar-refractivity contribution is 0.0472. The minimum Gasteiger partial charge on any atom is -0.457 e. The average molecular weight is 374 g/mol. The van der Waals surface area contributed by atoms with Crippen molar-refractivity contribution in [1.82, 2.24) is 4.98 Å². The predicted molar refractivity (Wildman–Crippen MR) is 77.5 cm³/mol. The molecular formula is C13H9ClINO2. The summed E-state index contributed by atoms with van der Waals surface area (Å²) in [7, 11) is 0. The van der Waals surface area contributed by atoms with Gasteiger partial charge in [-0.05, 0) is 46.9 Å². The van der Waals surface area contributed by atoms with Crippen molar-refractivity contribution in [2.24, 2.45) is 0 Å². The normalized spacial score (nSPS) is 10.1. The summed E-state index contributed by atoms with van der Waals surface area (Å²) in [4.78, 5) is 15.6. The van der Waals surface area contributed by atoms with Gasteiger partial charge < -0.3 is 4.74 Å². The maximum atomic E-state index is 11.7. The number of hydrogen-bond donors (Lipinski definition) is 0. The molecule has 0 bridgehead atoms. The molecule has 0 aliphatic heterocycles. The Labute approximate surface area is 123 Å². The molecule has 2 aromatic rings. The molecule has 1 aromatic carbocycles. The Balaban J connectivity index is 2.02. The van der Waals surface area contributed by atoms with Crippen LogP contribution < -0.4 is 0 Å². The number of hydrogen-bond acceptors (Lipinski definition) is 3. The third kappa shape index (κ3) is 3.43. The SMILES string of the molecule is O=C(OCc1ccc(I)cc1Cl)c1cccnc1. The zero-order valence-corrected chi connectivity index (χ0v) is 12.2. The van der Waals surface area contributed by atoms with Crippen LogP contribution in [0.2, 0.25) is 5.02 Å². The minimum absolute atomic E-state index is 0.156. The molecule has 0 atom stereocenters. The summed E-state index contributed by atoms with van der Waals surface area (Å²) in [5, 5.41) is 0.598. The third-order valence-corrected chi connectivity index (χ3v) is 3.29. The first-order chi connectivity index (χ1) is 8.66. The van der Waals surface area contributed by atoms with Crippen LogP contribution in [0.15, 0.2) is 42.7 Å². The fourth-order valence-corrected chi connectivity index (χ4v) is 2.26. The molecule has 1 aromatic heterocycles. The molecule has 0 unspecified atom stereocenters. The second-order valence-electron chi connectivity index (χ2n) is 3.55. The molecule has 92 valence electrons. The van der Waals surface area contributed by atoms with Gasteiger partial charge in [-0.2, -0.15) is 0 Å². The number of nitrogens with zero attached hydrogens (tertiary/aromatic N) is 1. The van der Waals surface area contributed by atoms with E-state index in [0.717, 1.165) is 9.13 Å². The molecule has 0 spiro atoms. The van der Waals surface area contributed by atoms with Gasteiger partial charge in [-0.1, -0.05) is 17.7 Å². The molecular weight excluding hydrogens is 365 g/mol. The van der Waals surface area contributed by atoms with Crippen molar-refractivity contribution in [3.05, 3.63) is 62.4 Å². The Morgan fingerprint density at radius 2 is 2.22 bits per heavy atom. The highest BCUT2D eigenvalue weighted by Crippen LogP contribution is 2.20. The van der Waals surface area contributed by atoms with Crippen LogP contribution in [0.4, 0.5) is 0 Å². The highest BCUT2D eigenvalue weighted by molar-refractivity contribution is 14.1. The minimum atomic E-state index is -0.405. The maximum absolute atomic E-state index is 11.7. The monoisotopic (exact) mass is 373 g/mol. The van der Waals surface area contributed by atoms with Crippen LogP contribution in [-0.2, 0) is 11.3 Å². The van der Waals surface area contributed by atoms with Gasteiger partial charge >= 0.3 is 5.97 Å². The number of esters is 1. The van der Waals surface area contributed by atoms with Crippen molar-refractivity contribution < 1.29 is 9.53 Å². The van der Waals surface area contributed by atoms with Crippen molar-refractivity contribution >= 4 is 40.2 Å². The zero-order chi connectivity index (χ0) is 13.0. The van der Waals surface area contributed by atoms with Crippen molar-refractivity contribution in [3.8, 4) is 0 Å². The standard InChI is InChI=1S/C13H9ClINO2/c14-12-6-11(15)4-3-10(12)8-18-13(17)9-2-1-5-16-7-9/h1-7H,8H2. The fraction of sp³-hybridized carbons (Fsp3) is 0.0769. The number of rotatable bonds is 3. The van der Waals surface area contributed by atoms with Gasteiger partial charge in [0.15, 0.2) is 0 Å². The lowest BCUT2D eigenvalue weighted by atomic mass is 10.2. The first kappa shape index (κ1) is 13.3. The largest absolute Gasteiger partial charge is 0.457 e. The summed E-state index contributed by atoms with van der Waals surface area (Å²) in [5.41, 5.74) is 1.22. The van der Waals surface area contributed by atoms with E-state index in [1.165, 1.54) is 6.20 Å². The quantitative estimate of drug-likeness (QED) is 0.608. The molecule has 0 aliphatic carbocycles. The van der Waals surface area contributed by atoms with Crippen molar-refractivity contribution in [1.29, 1.82) is 0 Å². The highest BCUT2D eigenvalue weighted by atomic mass is 127. The summed E-state index contributed by atoms with van der Waals surface area (Å²) in [6.45, 7) is 0.156. The summed E-state index contributed by atoms with van der Waals surface area (Å²) in [5.74, 6) is -0.405. The Morgan fingerprint density at radius 1 is 1.39 bits per heavy atom. The van der Waals surface area contributed by atoms with Gasteiger partial charge in [0.05, 0.1) is 5.56 Å². The van der Waals surface area contributed by atoms with Gasteiger partial charge in [-0.15, -0.1) is 0 Å². The van der Waals surface area contributed by atoms with Gasteiger partial charge in [0.25, 0.3) is 0 Å². The van der Waals surface area contributed by atoms with Gasteiger partial charge in [0.2, 0.25) is 0 Å². The van der Waals surface area contributed by atoms with Crippen LogP contribution >= 0.6 is 34.2 Å². The second-order valence-corrected chi connectivity index (χ2v) is 5.21. The van der Waals surface area contributed by atoms with Crippen LogP contribution in [0.1, 0.15) is 15.9 Å². The van der Waals surface area contributed by atoms with Crippen molar-refractivity contribution in [2.75, 3.05) is 0 Å². The number of carbonyl (C=O) groups is 1. The van der Waals surface area contributed by atoms with E-state index in [1.807, 2.05) is 18.2 Å². The Morgan fingerprint density at radius 3 is 2.89 bits per heavy atom. The van der Waals surface area contributed by atoms with Crippen molar-refractivity contribution in [3.63, 3.8) is 0 Å². The second kappa shape index (κ2) is 6.15. The van der Waals surface area contributed by atoms with E-state index in [-0.39, 0.29) is 6.61 Å². The Kier molecular flexibility index (Phi) is 4.54. The van der Waals surface area contributed by atoms with Gasteiger partial charge in [-0.25, -0.2) is 4.79 Å². The van der Waals surface area contributed by atoms with Crippen LogP contribution in [0.25, 0.3) is 0 Å². The molecule has 0 aliphatic rings. The number of carbonyl (C=O) groups excluding carboxylic acids is 1. The molecule has 2 rings (SSSR count). The Bertz CT molecular complexity index is 560. The average Bonchev–Trinajstić information content (AvgIpc) is 2.38. The summed E-state index contributed by atoms with van der Waals surface area (Å²) >= 11 is 8.22. The van der Waals surface area contributed by atoms with E-state index < -0.39 is 5.97 Å². The first-order valence-corrected chi connectivity index (χ1v) is 6.63. The number of pyridine rings is 1. The Hall–Kier alpha value is -1.14.